The molecule has 0 amide bonds. The van der Waals surface area contributed by atoms with Crippen LogP contribution in [0.15, 0.2) is 30.3 Å². The highest BCUT2D eigenvalue weighted by molar-refractivity contribution is 7.90. The van der Waals surface area contributed by atoms with Crippen molar-refractivity contribution in [3.05, 3.63) is 30.3 Å². The molecular weight excluding hydrogens is 198 g/mol. The van der Waals surface area contributed by atoms with Gasteiger partial charge in [-0.2, -0.15) is 0 Å². The zero-order valence-corrected chi connectivity index (χ0v) is 8.41. The maximum absolute atomic E-state index is 6.09. The van der Waals surface area contributed by atoms with E-state index in [0.29, 0.717) is 5.88 Å². The first kappa shape index (κ1) is 9.32. The van der Waals surface area contributed by atoms with Crippen molar-refractivity contribution >= 4 is 35.4 Å². The summed E-state index contributed by atoms with van der Waals surface area (Å²) in [5.41, 5.74) is 0. The predicted molar refractivity (Wildman–Crippen MR) is 54.4 cm³/mol. The first-order chi connectivity index (χ1) is 5.34. The molecule has 0 aromatic heterocycles. The fourth-order valence-electron chi connectivity index (χ4n) is 0.793. The maximum Gasteiger partial charge on any atom is 0.0276 e. The van der Waals surface area contributed by atoms with E-state index < -0.39 is 7.27 Å². The smallest absolute Gasteiger partial charge is 0.0276 e. The van der Waals surface area contributed by atoms with E-state index in [1.165, 1.54) is 5.30 Å². The molecular formula is C8H9Cl2P. The molecule has 0 aliphatic carbocycles. The second-order valence-corrected chi connectivity index (χ2v) is 5.40. The molecule has 1 aromatic carbocycles. The fraction of sp³-hybridized carbons (Fsp3) is 0.250. The number of alkyl halides is 1. The van der Waals surface area contributed by atoms with E-state index in [-0.39, 0.29) is 0 Å². The molecule has 60 valence electrons. The number of halogens is 2. The average molecular weight is 207 g/mol. The number of hydrogen-bond donors (Lipinski definition) is 0. The van der Waals surface area contributed by atoms with Crippen LogP contribution < -0.4 is 5.30 Å². The molecule has 0 fully saturated rings. The lowest BCUT2D eigenvalue weighted by Gasteiger charge is -2.05. The Morgan fingerprint density at radius 3 is 2.36 bits per heavy atom. The number of hydrogen-bond acceptors (Lipinski definition) is 0. The fourth-order valence-corrected chi connectivity index (χ4v) is 3.05. The van der Waals surface area contributed by atoms with Gasteiger partial charge in [-0.1, -0.05) is 41.6 Å². The lowest BCUT2D eigenvalue weighted by atomic mass is 10.4. The zero-order chi connectivity index (χ0) is 8.10. The van der Waals surface area contributed by atoms with Crippen LogP contribution in [0.25, 0.3) is 0 Å². The third-order valence-corrected chi connectivity index (χ3v) is 4.34. The molecule has 1 rings (SSSR count). The molecule has 0 N–H and O–H groups in total. The Bertz CT molecular complexity index is 201. The van der Waals surface area contributed by atoms with Crippen LogP contribution >= 0.6 is 30.1 Å². The normalized spacial score (nSPS) is 12.9. The molecule has 1 aromatic rings. The van der Waals surface area contributed by atoms with E-state index in [4.69, 9.17) is 22.8 Å². The molecule has 0 heterocycles. The van der Waals surface area contributed by atoms with Crippen molar-refractivity contribution in [1.82, 2.24) is 0 Å². The second-order valence-electron chi connectivity index (χ2n) is 2.11. The summed E-state index contributed by atoms with van der Waals surface area (Å²) in [6.45, 7) is 0. The van der Waals surface area contributed by atoms with Gasteiger partial charge in [-0.15, -0.1) is 11.6 Å². The van der Waals surface area contributed by atoms with E-state index in [0.717, 1.165) is 6.16 Å². The molecule has 3 heteroatoms. The minimum absolute atomic E-state index is 0.535. The van der Waals surface area contributed by atoms with E-state index >= 15 is 0 Å². The topological polar surface area (TPSA) is 0 Å². The number of benzene rings is 1. The Kier molecular flexibility index (Phi) is 4.22. The number of rotatable bonds is 3. The molecule has 0 saturated carbocycles. The SMILES string of the molecule is ClCCP(Cl)c1ccccc1. The molecule has 0 nitrogen and oxygen atoms in total. The zero-order valence-electron chi connectivity index (χ0n) is 6.00. The van der Waals surface area contributed by atoms with Gasteiger partial charge >= 0.3 is 0 Å². The van der Waals surface area contributed by atoms with Crippen molar-refractivity contribution < 1.29 is 0 Å². The van der Waals surface area contributed by atoms with Crippen molar-refractivity contribution in [2.45, 2.75) is 0 Å². The quantitative estimate of drug-likeness (QED) is 0.527. The molecule has 1 unspecified atom stereocenters. The predicted octanol–water partition coefficient (Wildman–Crippen LogP) is 3.19. The van der Waals surface area contributed by atoms with Gasteiger partial charge in [0.05, 0.1) is 0 Å². The van der Waals surface area contributed by atoms with E-state index in [1.54, 1.807) is 0 Å². The van der Waals surface area contributed by atoms with Gasteiger partial charge in [0, 0.05) is 13.2 Å². The first-order valence-corrected chi connectivity index (χ1v) is 6.35. The van der Waals surface area contributed by atoms with Crippen molar-refractivity contribution in [3.63, 3.8) is 0 Å². The maximum atomic E-state index is 6.09. The van der Waals surface area contributed by atoms with Crippen LogP contribution in [-0.4, -0.2) is 12.0 Å². The highest BCUT2D eigenvalue weighted by Gasteiger charge is 2.04. The minimum atomic E-state index is -0.535. The summed E-state index contributed by atoms with van der Waals surface area (Å²) < 4.78 is 0. The Morgan fingerprint density at radius 2 is 1.82 bits per heavy atom. The van der Waals surface area contributed by atoms with Crippen molar-refractivity contribution in [2.75, 3.05) is 12.0 Å². The summed E-state index contributed by atoms with van der Waals surface area (Å²) in [5, 5.41) is 1.21. The lowest BCUT2D eigenvalue weighted by Crippen LogP contribution is -1.98. The summed E-state index contributed by atoms with van der Waals surface area (Å²) in [5.74, 6) is 0.643. The Balaban J connectivity index is 2.61. The van der Waals surface area contributed by atoms with Crippen molar-refractivity contribution in [3.8, 4) is 0 Å². The van der Waals surface area contributed by atoms with Crippen LogP contribution in [0, 0.1) is 0 Å². The largest absolute Gasteiger partial charge is 0.126 e. The van der Waals surface area contributed by atoms with Crippen LogP contribution in [0.2, 0.25) is 0 Å². The molecule has 0 saturated heterocycles. The molecule has 0 aliphatic rings. The van der Waals surface area contributed by atoms with Gasteiger partial charge in [0.1, 0.15) is 0 Å². The first-order valence-electron chi connectivity index (χ1n) is 3.39. The molecule has 0 aliphatic heterocycles. The van der Waals surface area contributed by atoms with Crippen LogP contribution in [0.5, 0.6) is 0 Å². The average Bonchev–Trinajstić information content (AvgIpc) is 2.07. The highest BCUT2D eigenvalue weighted by atomic mass is 35.7. The lowest BCUT2D eigenvalue weighted by molar-refractivity contribution is 1.53. The van der Waals surface area contributed by atoms with Crippen LogP contribution in [0.3, 0.4) is 0 Å². The molecule has 0 bridgehead atoms. The van der Waals surface area contributed by atoms with Gasteiger partial charge in [-0.3, -0.25) is 0 Å². The van der Waals surface area contributed by atoms with Crippen LogP contribution in [-0.2, 0) is 0 Å². The van der Waals surface area contributed by atoms with E-state index in [1.807, 2.05) is 30.3 Å². The van der Waals surface area contributed by atoms with Crippen LogP contribution in [0.1, 0.15) is 0 Å². The summed E-state index contributed by atoms with van der Waals surface area (Å²) >= 11 is 11.7. The van der Waals surface area contributed by atoms with Crippen LogP contribution in [0.4, 0.5) is 0 Å². The third-order valence-electron chi connectivity index (χ3n) is 1.32. The van der Waals surface area contributed by atoms with Gasteiger partial charge < -0.3 is 0 Å². The van der Waals surface area contributed by atoms with Gasteiger partial charge in [0.15, 0.2) is 0 Å². The van der Waals surface area contributed by atoms with Gasteiger partial charge in [-0.25, -0.2) is 0 Å². The Labute approximate surface area is 78.1 Å². The highest BCUT2D eigenvalue weighted by Crippen LogP contribution is 2.39. The summed E-state index contributed by atoms with van der Waals surface area (Å²) in [6.07, 6.45) is 0.891. The second kappa shape index (κ2) is 4.98. The van der Waals surface area contributed by atoms with Gasteiger partial charge in [0.25, 0.3) is 0 Å². The van der Waals surface area contributed by atoms with Gasteiger partial charge in [-0.05, 0) is 11.5 Å². The molecule has 0 radical (unpaired) electrons. The van der Waals surface area contributed by atoms with Crippen molar-refractivity contribution in [2.24, 2.45) is 0 Å². The summed E-state index contributed by atoms with van der Waals surface area (Å²) in [4.78, 5) is 0. The minimum Gasteiger partial charge on any atom is -0.126 e. The summed E-state index contributed by atoms with van der Waals surface area (Å²) in [6, 6.07) is 10.1. The standard InChI is InChI=1S/C8H9Cl2P/c9-6-7-11(10)8-4-2-1-3-5-8/h1-5H,6-7H2. The monoisotopic (exact) mass is 206 g/mol. The van der Waals surface area contributed by atoms with E-state index in [2.05, 4.69) is 0 Å². The van der Waals surface area contributed by atoms with Gasteiger partial charge in [0.2, 0.25) is 0 Å². The molecule has 0 spiro atoms. The van der Waals surface area contributed by atoms with E-state index in [9.17, 15) is 0 Å². The molecule has 11 heavy (non-hydrogen) atoms. The third kappa shape index (κ3) is 2.99. The van der Waals surface area contributed by atoms with Crippen molar-refractivity contribution in [1.29, 1.82) is 0 Å². The Morgan fingerprint density at radius 1 is 1.18 bits per heavy atom. The molecule has 1 atom stereocenters. The Hall–Kier alpha value is 0.230. The summed E-state index contributed by atoms with van der Waals surface area (Å²) in [7, 11) is -0.535.